The van der Waals surface area contributed by atoms with Gasteiger partial charge in [0.2, 0.25) is 0 Å². The van der Waals surface area contributed by atoms with E-state index in [9.17, 15) is 4.79 Å². The highest BCUT2D eigenvalue weighted by Crippen LogP contribution is 2.20. The lowest BCUT2D eigenvalue weighted by atomic mass is 10.0. The second-order valence-electron chi connectivity index (χ2n) is 5.50. The summed E-state index contributed by atoms with van der Waals surface area (Å²) in [4.78, 5) is 14.6. The van der Waals surface area contributed by atoms with Gasteiger partial charge in [0.05, 0.1) is 0 Å². The zero-order valence-electron chi connectivity index (χ0n) is 12.5. The van der Waals surface area contributed by atoms with E-state index in [1.807, 2.05) is 35.2 Å². The van der Waals surface area contributed by atoms with Crippen LogP contribution in [0.2, 0.25) is 0 Å². The molecular formula is C18H21ClN2O. The van der Waals surface area contributed by atoms with E-state index < -0.39 is 0 Å². The summed E-state index contributed by atoms with van der Waals surface area (Å²) in [6.45, 7) is 2.02. The molecule has 0 aliphatic carbocycles. The van der Waals surface area contributed by atoms with Gasteiger partial charge >= 0.3 is 0 Å². The molecule has 1 aliphatic rings. The lowest BCUT2D eigenvalue weighted by Crippen LogP contribution is -2.30. The van der Waals surface area contributed by atoms with Crippen molar-refractivity contribution in [2.45, 2.75) is 25.9 Å². The molecule has 1 amide bonds. The van der Waals surface area contributed by atoms with E-state index in [1.54, 1.807) is 0 Å². The quantitative estimate of drug-likeness (QED) is 0.925. The Morgan fingerprint density at radius 1 is 1.05 bits per heavy atom. The number of aryl methyl sites for hydroxylation is 1. The summed E-state index contributed by atoms with van der Waals surface area (Å²) in [5.74, 6) is 0.107. The predicted molar refractivity (Wildman–Crippen MR) is 91.1 cm³/mol. The number of halogens is 1. The largest absolute Gasteiger partial charge is 0.334 e. The summed E-state index contributed by atoms with van der Waals surface area (Å²) < 4.78 is 0. The van der Waals surface area contributed by atoms with E-state index in [0.29, 0.717) is 13.1 Å². The lowest BCUT2D eigenvalue weighted by molar-refractivity contribution is 0.0746. The van der Waals surface area contributed by atoms with Gasteiger partial charge in [-0.2, -0.15) is 0 Å². The molecular weight excluding hydrogens is 296 g/mol. The normalized spacial score (nSPS) is 13.8. The maximum atomic E-state index is 12.7. The van der Waals surface area contributed by atoms with E-state index in [-0.39, 0.29) is 18.3 Å². The lowest BCUT2D eigenvalue weighted by Gasteiger charge is -2.21. The van der Waals surface area contributed by atoms with Gasteiger partial charge in [-0.25, -0.2) is 0 Å². The van der Waals surface area contributed by atoms with Crippen molar-refractivity contribution >= 4 is 18.3 Å². The highest BCUT2D eigenvalue weighted by atomic mass is 35.5. The molecule has 1 aliphatic heterocycles. The Morgan fingerprint density at radius 3 is 2.41 bits per heavy atom. The molecule has 1 heterocycles. The summed E-state index contributed by atoms with van der Waals surface area (Å²) in [5, 5.41) is 0. The number of fused-ring (bicyclic) bond motifs is 1. The van der Waals surface area contributed by atoms with Crippen LogP contribution in [0.1, 0.15) is 33.5 Å². The molecule has 0 spiro atoms. The summed E-state index contributed by atoms with van der Waals surface area (Å²) in [6, 6.07) is 16.0. The number of rotatable bonds is 2. The number of hydrogen-bond donors (Lipinski definition) is 1. The predicted octanol–water partition coefficient (Wildman–Crippen LogP) is 3.16. The molecule has 2 aromatic carbocycles. The fourth-order valence-corrected chi connectivity index (χ4v) is 2.84. The Hall–Kier alpha value is -1.84. The number of nitrogens with two attached hydrogens (primary N) is 1. The van der Waals surface area contributed by atoms with Gasteiger partial charge in [-0.05, 0) is 41.7 Å². The third-order valence-electron chi connectivity index (χ3n) is 4.08. The van der Waals surface area contributed by atoms with Crippen LogP contribution in [-0.2, 0) is 19.5 Å². The van der Waals surface area contributed by atoms with Crippen molar-refractivity contribution in [2.75, 3.05) is 6.54 Å². The summed E-state index contributed by atoms with van der Waals surface area (Å²) in [7, 11) is 0. The van der Waals surface area contributed by atoms with E-state index in [1.165, 1.54) is 11.1 Å². The van der Waals surface area contributed by atoms with Crippen molar-refractivity contribution in [1.82, 2.24) is 4.90 Å². The van der Waals surface area contributed by atoms with Crippen molar-refractivity contribution in [3.63, 3.8) is 0 Å². The highest BCUT2D eigenvalue weighted by Gasteiger charge is 2.19. The van der Waals surface area contributed by atoms with Crippen LogP contribution in [-0.4, -0.2) is 17.4 Å². The minimum Gasteiger partial charge on any atom is -0.334 e. The Kier molecular flexibility index (Phi) is 5.58. The second-order valence-corrected chi connectivity index (χ2v) is 5.50. The van der Waals surface area contributed by atoms with Crippen LogP contribution in [0, 0.1) is 0 Å². The third-order valence-corrected chi connectivity index (χ3v) is 4.08. The number of carbonyl (C=O) groups excluding carboxylic acids is 1. The maximum absolute atomic E-state index is 12.7. The van der Waals surface area contributed by atoms with Crippen molar-refractivity contribution in [3.8, 4) is 0 Å². The minimum absolute atomic E-state index is 0. The molecule has 0 bridgehead atoms. The summed E-state index contributed by atoms with van der Waals surface area (Å²) >= 11 is 0. The van der Waals surface area contributed by atoms with Crippen molar-refractivity contribution in [3.05, 3.63) is 70.8 Å². The van der Waals surface area contributed by atoms with Gasteiger partial charge in [0.15, 0.2) is 0 Å². The Balaban J connectivity index is 0.00000176. The standard InChI is InChI=1S/C18H20N2O.ClH/c19-12-14-7-9-16(10-8-14)18(21)20-11-3-6-15-4-1-2-5-17(15)13-20;/h1-2,4-5,7-10H,3,6,11-13,19H2;1H. The van der Waals surface area contributed by atoms with Crippen molar-refractivity contribution < 1.29 is 4.79 Å². The molecule has 0 saturated carbocycles. The molecule has 2 aromatic rings. The van der Waals surface area contributed by atoms with Crippen LogP contribution in [0.5, 0.6) is 0 Å². The number of carbonyl (C=O) groups is 1. The Bertz CT molecular complexity index is 640. The molecule has 0 saturated heterocycles. The molecule has 116 valence electrons. The first-order chi connectivity index (χ1) is 10.3. The summed E-state index contributed by atoms with van der Waals surface area (Å²) in [6.07, 6.45) is 2.07. The third kappa shape index (κ3) is 3.49. The van der Waals surface area contributed by atoms with Gasteiger partial charge in [0.25, 0.3) is 5.91 Å². The van der Waals surface area contributed by atoms with E-state index >= 15 is 0 Å². The molecule has 0 aromatic heterocycles. The molecule has 0 unspecified atom stereocenters. The molecule has 4 heteroatoms. The van der Waals surface area contributed by atoms with Crippen molar-refractivity contribution in [2.24, 2.45) is 5.73 Å². The van der Waals surface area contributed by atoms with Gasteiger partial charge in [0.1, 0.15) is 0 Å². The monoisotopic (exact) mass is 316 g/mol. The van der Waals surface area contributed by atoms with E-state index in [2.05, 4.69) is 18.2 Å². The van der Waals surface area contributed by atoms with Gasteiger partial charge in [-0.15, -0.1) is 12.4 Å². The van der Waals surface area contributed by atoms with Gasteiger partial charge in [-0.1, -0.05) is 36.4 Å². The molecule has 22 heavy (non-hydrogen) atoms. The average Bonchev–Trinajstić information content (AvgIpc) is 2.76. The molecule has 3 nitrogen and oxygen atoms in total. The van der Waals surface area contributed by atoms with Crippen LogP contribution < -0.4 is 5.73 Å². The fraction of sp³-hybridized carbons (Fsp3) is 0.278. The van der Waals surface area contributed by atoms with Crippen LogP contribution in [0.3, 0.4) is 0 Å². The zero-order chi connectivity index (χ0) is 14.7. The minimum atomic E-state index is 0. The van der Waals surface area contributed by atoms with E-state index in [0.717, 1.165) is 30.5 Å². The van der Waals surface area contributed by atoms with Crippen LogP contribution in [0.15, 0.2) is 48.5 Å². The first-order valence-electron chi connectivity index (χ1n) is 7.43. The first-order valence-corrected chi connectivity index (χ1v) is 7.43. The van der Waals surface area contributed by atoms with Crippen molar-refractivity contribution in [1.29, 1.82) is 0 Å². The Morgan fingerprint density at radius 2 is 1.73 bits per heavy atom. The fourth-order valence-electron chi connectivity index (χ4n) is 2.84. The van der Waals surface area contributed by atoms with Crippen LogP contribution in [0.4, 0.5) is 0 Å². The number of amides is 1. The molecule has 2 N–H and O–H groups in total. The van der Waals surface area contributed by atoms with E-state index in [4.69, 9.17) is 5.73 Å². The smallest absolute Gasteiger partial charge is 0.254 e. The first kappa shape index (κ1) is 16.5. The highest BCUT2D eigenvalue weighted by molar-refractivity contribution is 5.94. The molecule has 0 radical (unpaired) electrons. The summed E-state index contributed by atoms with van der Waals surface area (Å²) in [5.41, 5.74) is 10.0. The van der Waals surface area contributed by atoms with Gasteiger partial charge < -0.3 is 10.6 Å². The number of benzene rings is 2. The SMILES string of the molecule is Cl.NCc1ccc(C(=O)N2CCCc3ccccc3C2)cc1. The molecule has 3 rings (SSSR count). The number of hydrogen-bond acceptors (Lipinski definition) is 2. The molecule has 0 fully saturated rings. The topological polar surface area (TPSA) is 46.3 Å². The Labute approximate surface area is 137 Å². The maximum Gasteiger partial charge on any atom is 0.254 e. The van der Waals surface area contributed by atoms with Gasteiger partial charge in [0, 0.05) is 25.2 Å². The van der Waals surface area contributed by atoms with Crippen LogP contribution in [0.25, 0.3) is 0 Å². The average molecular weight is 317 g/mol. The van der Waals surface area contributed by atoms with Gasteiger partial charge in [-0.3, -0.25) is 4.79 Å². The second kappa shape index (κ2) is 7.43. The molecule has 0 atom stereocenters. The van der Waals surface area contributed by atoms with Crippen LogP contribution >= 0.6 is 12.4 Å². The zero-order valence-corrected chi connectivity index (χ0v) is 13.3. The number of nitrogens with zero attached hydrogens (tertiary/aromatic N) is 1.